The van der Waals surface area contributed by atoms with E-state index >= 15 is 0 Å². The minimum absolute atomic E-state index is 0.197. The van der Waals surface area contributed by atoms with Crippen molar-refractivity contribution in [3.05, 3.63) is 82.8 Å². The minimum atomic E-state index is -0.355. The van der Waals surface area contributed by atoms with E-state index in [0.29, 0.717) is 28.8 Å². The molecule has 3 aromatic heterocycles. The Hall–Kier alpha value is -3.52. The van der Waals surface area contributed by atoms with Crippen LogP contribution in [0, 0.1) is 6.92 Å². The SMILES string of the molecule is CCn1cc(Cn2cc(NC(=O)c3ccc(COc4ccc(Cl)c(C)c4)o3)cn2)cn1. The molecule has 1 amide bonds. The van der Waals surface area contributed by atoms with Crippen molar-refractivity contribution < 1.29 is 13.9 Å². The van der Waals surface area contributed by atoms with Gasteiger partial charge in [-0.2, -0.15) is 10.2 Å². The van der Waals surface area contributed by atoms with Gasteiger partial charge in [-0.15, -0.1) is 0 Å². The van der Waals surface area contributed by atoms with Crippen LogP contribution in [-0.2, 0) is 19.7 Å². The smallest absolute Gasteiger partial charge is 0.291 e. The van der Waals surface area contributed by atoms with E-state index in [-0.39, 0.29) is 18.3 Å². The van der Waals surface area contributed by atoms with Gasteiger partial charge in [0.1, 0.15) is 18.1 Å². The first-order valence-electron chi connectivity index (χ1n) is 9.83. The zero-order valence-electron chi connectivity index (χ0n) is 17.2. The van der Waals surface area contributed by atoms with Gasteiger partial charge in [-0.25, -0.2) is 0 Å². The summed E-state index contributed by atoms with van der Waals surface area (Å²) in [7, 11) is 0. The molecule has 0 fully saturated rings. The van der Waals surface area contributed by atoms with Crippen LogP contribution in [-0.4, -0.2) is 25.5 Å². The fourth-order valence-electron chi connectivity index (χ4n) is 2.99. The highest BCUT2D eigenvalue weighted by molar-refractivity contribution is 6.31. The van der Waals surface area contributed by atoms with Crippen LogP contribution < -0.4 is 10.1 Å². The van der Waals surface area contributed by atoms with E-state index in [1.807, 2.05) is 30.8 Å². The second-order valence-electron chi connectivity index (χ2n) is 7.05. The van der Waals surface area contributed by atoms with Crippen molar-refractivity contribution in [1.82, 2.24) is 19.6 Å². The van der Waals surface area contributed by atoms with E-state index in [0.717, 1.165) is 17.7 Å². The third-order valence-electron chi connectivity index (χ3n) is 4.64. The van der Waals surface area contributed by atoms with Crippen molar-refractivity contribution in [1.29, 1.82) is 0 Å². The van der Waals surface area contributed by atoms with E-state index in [9.17, 15) is 4.79 Å². The molecule has 1 aromatic carbocycles. The molecule has 0 aliphatic heterocycles. The first-order chi connectivity index (χ1) is 15.0. The Labute approximate surface area is 184 Å². The van der Waals surface area contributed by atoms with Crippen LogP contribution in [0.3, 0.4) is 0 Å². The number of amides is 1. The summed E-state index contributed by atoms with van der Waals surface area (Å²) in [5.74, 6) is 1.07. The fraction of sp³-hybridized carbons (Fsp3) is 0.227. The van der Waals surface area contributed by atoms with Gasteiger partial charge in [0.2, 0.25) is 0 Å². The van der Waals surface area contributed by atoms with E-state index < -0.39 is 0 Å². The highest BCUT2D eigenvalue weighted by Crippen LogP contribution is 2.22. The van der Waals surface area contributed by atoms with Crippen molar-refractivity contribution >= 4 is 23.2 Å². The normalized spacial score (nSPS) is 10.9. The van der Waals surface area contributed by atoms with Crippen LogP contribution in [0.25, 0.3) is 0 Å². The van der Waals surface area contributed by atoms with Crippen LogP contribution >= 0.6 is 11.6 Å². The summed E-state index contributed by atoms with van der Waals surface area (Å²) in [6.07, 6.45) is 7.13. The second-order valence-corrected chi connectivity index (χ2v) is 7.46. The van der Waals surface area contributed by atoms with Crippen molar-refractivity contribution in [2.45, 2.75) is 33.5 Å². The van der Waals surface area contributed by atoms with Crippen LogP contribution in [0.1, 0.15) is 34.4 Å². The molecule has 8 nitrogen and oxygen atoms in total. The Morgan fingerprint density at radius 3 is 2.77 bits per heavy atom. The van der Waals surface area contributed by atoms with Gasteiger partial charge in [0.25, 0.3) is 5.91 Å². The molecular formula is C22H22ClN5O3. The number of carbonyl (C=O) groups excluding carboxylic acids is 1. The molecule has 0 bridgehead atoms. The van der Waals surface area contributed by atoms with Crippen LogP contribution in [0.15, 0.2) is 59.5 Å². The van der Waals surface area contributed by atoms with Crippen molar-refractivity contribution in [2.24, 2.45) is 0 Å². The number of halogens is 1. The number of ether oxygens (including phenoxy) is 1. The monoisotopic (exact) mass is 439 g/mol. The fourth-order valence-corrected chi connectivity index (χ4v) is 3.11. The molecular weight excluding hydrogens is 418 g/mol. The number of carbonyl (C=O) groups is 1. The maximum absolute atomic E-state index is 12.5. The van der Waals surface area contributed by atoms with Gasteiger partial charge >= 0.3 is 0 Å². The summed E-state index contributed by atoms with van der Waals surface area (Å²) in [4.78, 5) is 12.5. The number of nitrogens with one attached hydrogen (secondary N) is 1. The summed E-state index contributed by atoms with van der Waals surface area (Å²) in [5, 5.41) is 12.0. The van der Waals surface area contributed by atoms with Gasteiger partial charge < -0.3 is 14.5 Å². The third kappa shape index (κ3) is 5.16. The molecule has 31 heavy (non-hydrogen) atoms. The summed E-state index contributed by atoms with van der Waals surface area (Å²) in [5.41, 5.74) is 2.55. The van der Waals surface area contributed by atoms with Gasteiger partial charge in [0.15, 0.2) is 5.76 Å². The Morgan fingerprint density at radius 2 is 2.00 bits per heavy atom. The molecule has 0 radical (unpaired) electrons. The molecule has 4 rings (SSSR count). The molecule has 0 aliphatic rings. The predicted molar refractivity (Wildman–Crippen MR) is 116 cm³/mol. The standard InChI is InChI=1S/C22H22ClN5O3/c1-3-27-11-16(9-24-27)12-28-13-17(10-25-28)26-22(29)21-7-5-19(31-21)14-30-18-4-6-20(23)15(2)8-18/h4-11,13H,3,12,14H2,1-2H3,(H,26,29). The van der Waals surface area contributed by atoms with Gasteiger partial charge in [-0.1, -0.05) is 11.6 Å². The first kappa shape index (κ1) is 20.7. The lowest BCUT2D eigenvalue weighted by atomic mass is 10.2. The van der Waals surface area contributed by atoms with Gasteiger partial charge in [0, 0.05) is 29.5 Å². The Morgan fingerprint density at radius 1 is 1.16 bits per heavy atom. The third-order valence-corrected chi connectivity index (χ3v) is 5.07. The van der Waals surface area contributed by atoms with Crippen molar-refractivity contribution in [3.63, 3.8) is 0 Å². The largest absolute Gasteiger partial charge is 0.486 e. The average Bonchev–Trinajstić information content (AvgIpc) is 3.50. The highest BCUT2D eigenvalue weighted by atomic mass is 35.5. The van der Waals surface area contributed by atoms with Crippen LogP contribution in [0.2, 0.25) is 5.02 Å². The average molecular weight is 440 g/mol. The summed E-state index contributed by atoms with van der Waals surface area (Å²) in [6, 6.07) is 8.75. The Bertz CT molecular complexity index is 1190. The molecule has 1 N–H and O–H groups in total. The number of benzene rings is 1. The van der Waals surface area contributed by atoms with E-state index in [1.165, 1.54) is 0 Å². The molecule has 3 heterocycles. The lowest BCUT2D eigenvalue weighted by molar-refractivity contribution is 0.0992. The molecule has 9 heteroatoms. The molecule has 0 unspecified atom stereocenters. The number of aromatic nitrogens is 4. The lowest BCUT2D eigenvalue weighted by Crippen LogP contribution is -2.10. The molecule has 0 saturated carbocycles. The number of anilines is 1. The molecule has 0 spiro atoms. The number of nitrogens with zero attached hydrogens (tertiary/aromatic N) is 4. The summed E-state index contributed by atoms with van der Waals surface area (Å²) in [6.45, 7) is 5.53. The molecule has 4 aromatic rings. The van der Waals surface area contributed by atoms with E-state index in [4.69, 9.17) is 20.8 Å². The van der Waals surface area contributed by atoms with Gasteiger partial charge in [-0.05, 0) is 49.7 Å². The zero-order chi connectivity index (χ0) is 21.8. The zero-order valence-corrected chi connectivity index (χ0v) is 18.0. The van der Waals surface area contributed by atoms with Crippen LogP contribution in [0.4, 0.5) is 5.69 Å². The van der Waals surface area contributed by atoms with Crippen LogP contribution in [0.5, 0.6) is 5.75 Å². The molecule has 0 saturated heterocycles. The maximum Gasteiger partial charge on any atom is 0.291 e. The highest BCUT2D eigenvalue weighted by Gasteiger charge is 2.13. The first-order valence-corrected chi connectivity index (χ1v) is 10.2. The molecule has 0 aliphatic carbocycles. The molecule has 0 atom stereocenters. The summed E-state index contributed by atoms with van der Waals surface area (Å²) < 4.78 is 14.9. The number of hydrogen-bond acceptors (Lipinski definition) is 5. The van der Waals surface area contributed by atoms with E-state index in [1.54, 1.807) is 47.5 Å². The second kappa shape index (κ2) is 9.09. The maximum atomic E-state index is 12.5. The molecule has 160 valence electrons. The number of aryl methyl sites for hydroxylation is 2. The lowest BCUT2D eigenvalue weighted by Gasteiger charge is -2.06. The Kier molecular flexibility index (Phi) is 6.08. The predicted octanol–water partition coefficient (Wildman–Crippen LogP) is 4.53. The Balaban J connectivity index is 1.32. The van der Waals surface area contributed by atoms with Gasteiger partial charge in [-0.3, -0.25) is 14.2 Å². The van der Waals surface area contributed by atoms with Crippen molar-refractivity contribution in [2.75, 3.05) is 5.32 Å². The number of rotatable bonds is 8. The van der Waals surface area contributed by atoms with E-state index in [2.05, 4.69) is 15.5 Å². The number of hydrogen-bond donors (Lipinski definition) is 1. The summed E-state index contributed by atoms with van der Waals surface area (Å²) >= 11 is 6.02. The topological polar surface area (TPSA) is 87.1 Å². The minimum Gasteiger partial charge on any atom is -0.486 e. The van der Waals surface area contributed by atoms with Crippen molar-refractivity contribution in [3.8, 4) is 5.75 Å². The quantitative estimate of drug-likeness (QED) is 0.435. The number of furan rings is 1. The van der Waals surface area contributed by atoms with Gasteiger partial charge in [0.05, 0.1) is 24.6 Å².